The molecule has 0 spiro atoms. The Morgan fingerprint density at radius 1 is 1.05 bits per heavy atom. The lowest BCUT2D eigenvalue weighted by atomic mass is 9.79. The minimum atomic E-state index is -4.72. The maximum atomic E-state index is 14.3. The van der Waals surface area contributed by atoms with Crippen LogP contribution >= 0.6 is 22.7 Å². The van der Waals surface area contributed by atoms with E-state index < -0.39 is 17.8 Å². The van der Waals surface area contributed by atoms with Crippen molar-refractivity contribution in [3.8, 4) is 11.3 Å². The second kappa shape index (κ2) is 11.1. The van der Waals surface area contributed by atoms with E-state index in [4.69, 9.17) is 5.10 Å². The predicted octanol–water partition coefficient (Wildman–Crippen LogP) is 9.10. The zero-order valence-electron chi connectivity index (χ0n) is 24.0. The smallest absolute Gasteiger partial charge is 0.265 e. The van der Waals surface area contributed by atoms with Gasteiger partial charge in [-0.1, -0.05) is 50.2 Å². The molecule has 1 saturated carbocycles. The second-order valence-electron chi connectivity index (χ2n) is 11.4. The Kier molecular flexibility index (Phi) is 7.25. The number of amides is 1. The number of alkyl halides is 3. The maximum Gasteiger partial charge on any atom is 0.433 e. The topological polar surface area (TPSA) is 62.9 Å². The Balaban J connectivity index is 1.31. The quantitative estimate of drug-likeness (QED) is 0.194. The highest BCUT2D eigenvalue weighted by molar-refractivity contribution is 7.11. The van der Waals surface area contributed by atoms with Crippen LogP contribution in [0.2, 0.25) is 0 Å². The molecule has 2 atom stereocenters. The largest absolute Gasteiger partial charge is 0.433 e. The third-order valence-corrected chi connectivity index (χ3v) is 9.98. The number of fused-ring (bicyclic) bond motifs is 2. The Bertz CT molecular complexity index is 1890. The zero-order valence-corrected chi connectivity index (χ0v) is 25.6. The van der Waals surface area contributed by atoms with Gasteiger partial charge in [-0.15, -0.1) is 22.7 Å². The normalized spacial score (nSPS) is 19.6. The summed E-state index contributed by atoms with van der Waals surface area (Å²) in [6.07, 6.45) is 0.0785. The Hall–Kier alpha value is -4.09. The number of thiophene rings is 2. The van der Waals surface area contributed by atoms with Gasteiger partial charge in [-0.05, 0) is 71.4 Å². The van der Waals surface area contributed by atoms with Crippen molar-refractivity contribution in [2.45, 2.75) is 51.2 Å². The van der Waals surface area contributed by atoms with Crippen LogP contribution in [0, 0.1) is 5.92 Å². The Morgan fingerprint density at radius 3 is 2.50 bits per heavy atom. The number of aromatic nitrogens is 3. The minimum Gasteiger partial charge on any atom is -0.265 e. The summed E-state index contributed by atoms with van der Waals surface area (Å²) in [5.41, 5.74) is 2.54. The van der Waals surface area contributed by atoms with Crippen molar-refractivity contribution < 1.29 is 18.0 Å². The predicted molar refractivity (Wildman–Crippen MR) is 168 cm³/mol. The first kappa shape index (κ1) is 28.7. The van der Waals surface area contributed by atoms with E-state index in [1.54, 1.807) is 34.8 Å². The molecule has 2 aliphatic rings. The molecule has 44 heavy (non-hydrogen) atoms. The van der Waals surface area contributed by atoms with E-state index in [1.807, 2.05) is 47.2 Å². The van der Waals surface area contributed by atoms with E-state index in [9.17, 15) is 18.0 Å². The fourth-order valence-corrected chi connectivity index (χ4v) is 7.59. The van der Waals surface area contributed by atoms with Crippen molar-refractivity contribution in [3.05, 3.63) is 104 Å². The summed E-state index contributed by atoms with van der Waals surface area (Å²) in [6, 6.07) is 17.2. The van der Waals surface area contributed by atoms with Gasteiger partial charge in [-0.25, -0.2) is 14.5 Å². The summed E-state index contributed by atoms with van der Waals surface area (Å²) in [7, 11) is 0. The molecule has 0 radical (unpaired) electrons. The van der Waals surface area contributed by atoms with Gasteiger partial charge in [0.15, 0.2) is 17.0 Å². The summed E-state index contributed by atoms with van der Waals surface area (Å²) >= 11 is 3.18. The van der Waals surface area contributed by atoms with Gasteiger partial charge in [0.2, 0.25) is 0 Å². The molecular formula is C33H28F3N5OS2. The number of carbonyl (C=O) groups is 1. The third kappa shape index (κ3) is 5.17. The van der Waals surface area contributed by atoms with E-state index in [0.717, 1.165) is 56.4 Å². The molecule has 0 unspecified atom stereocenters. The fraction of sp³-hybridized carbons (Fsp3) is 0.273. The highest BCUT2D eigenvalue weighted by Crippen LogP contribution is 2.46. The molecule has 1 aliphatic heterocycles. The highest BCUT2D eigenvalue weighted by Gasteiger charge is 2.45. The van der Waals surface area contributed by atoms with E-state index in [2.05, 4.69) is 30.0 Å². The molecule has 1 aromatic carbocycles. The second-order valence-corrected chi connectivity index (χ2v) is 13.3. The summed E-state index contributed by atoms with van der Waals surface area (Å²) in [5, 5.41) is 14.4. The van der Waals surface area contributed by atoms with Crippen LogP contribution in [0.15, 0.2) is 82.1 Å². The number of halogens is 3. The molecule has 0 N–H and O–H groups in total. The number of nitrogens with zero attached hydrogens (tertiary/aromatic N) is 5. The van der Waals surface area contributed by atoms with Gasteiger partial charge in [0.25, 0.3) is 5.91 Å². The van der Waals surface area contributed by atoms with Gasteiger partial charge in [0.05, 0.1) is 17.4 Å². The standard InChI is InChI=1S/C33H28F3N5OS2/c1-19(2)20-10-12-21(13-11-20)25-17-28(33(34,35)36)40-29(37-25)18-26(38-40)32(42)41-31(27-9-5-15-44-27)24-8-3-6-22(30(24)39-41)16-23-7-4-14-43-23/h4-5,7,9-19,24,31H,3,6,8H2,1-2H3/b22-16-/t24-,31+/m0/s1. The van der Waals surface area contributed by atoms with Gasteiger partial charge < -0.3 is 0 Å². The number of carbonyl (C=O) groups excluding carboxylic acids is 1. The Morgan fingerprint density at radius 2 is 1.82 bits per heavy atom. The summed E-state index contributed by atoms with van der Waals surface area (Å²) in [4.78, 5) is 20.7. The lowest BCUT2D eigenvalue weighted by Crippen LogP contribution is -2.31. The molecule has 0 saturated heterocycles. The van der Waals surface area contributed by atoms with Crippen LogP contribution in [0.3, 0.4) is 0 Å². The summed E-state index contributed by atoms with van der Waals surface area (Å²) in [6.45, 7) is 4.10. The number of hydrogen-bond donors (Lipinski definition) is 0. The summed E-state index contributed by atoms with van der Waals surface area (Å²) in [5.74, 6) is -0.284. The van der Waals surface area contributed by atoms with E-state index in [0.29, 0.717) is 5.56 Å². The number of hydrazone groups is 1. The number of allylic oxidation sites excluding steroid dienone is 1. The zero-order chi connectivity index (χ0) is 30.6. The molecule has 1 fully saturated rings. The van der Waals surface area contributed by atoms with Gasteiger partial charge in [-0.3, -0.25) is 4.79 Å². The fourth-order valence-electron chi connectivity index (χ4n) is 6.04. The number of hydrogen-bond acceptors (Lipinski definition) is 6. The lowest BCUT2D eigenvalue weighted by Gasteiger charge is -2.28. The van der Waals surface area contributed by atoms with Crippen molar-refractivity contribution in [3.63, 3.8) is 0 Å². The number of rotatable bonds is 5. The van der Waals surface area contributed by atoms with Crippen molar-refractivity contribution >= 4 is 46.0 Å². The monoisotopic (exact) mass is 631 g/mol. The molecule has 11 heteroatoms. The van der Waals surface area contributed by atoms with Crippen LogP contribution in [-0.4, -0.2) is 31.2 Å². The van der Waals surface area contributed by atoms with Crippen molar-refractivity contribution in [2.24, 2.45) is 11.0 Å². The van der Waals surface area contributed by atoms with Gasteiger partial charge in [0.1, 0.15) is 0 Å². The molecule has 4 aromatic heterocycles. The minimum absolute atomic E-state index is 0.0149. The van der Waals surface area contributed by atoms with E-state index in [-0.39, 0.29) is 34.9 Å². The van der Waals surface area contributed by atoms with Gasteiger partial charge in [0, 0.05) is 27.3 Å². The molecular weight excluding hydrogens is 604 g/mol. The molecule has 0 bridgehead atoms. The summed E-state index contributed by atoms with van der Waals surface area (Å²) < 4.78 is 43.7. The molecule has 6 nitrogen and oxygen atoms in total. The SMILES string of the molecule is CC(C)c1ccc(-c2cc(C(F)(F)F)n3nc(C(=O)N4N=C5/C(=C\c6cccs6)CCC[C@@H]5[C@@H]4c4cccs4)cc3n2)cc1. The van der Waals surface area contributed by atoms with Crippen molar-refractivity contribution in [2.75, 3.05) is 0 Å². The molecule has 5 heterocycles. The van der Waals surface area contributed by atoms with Gasteiger partial charge >= 0.3 is 6.18 Å². The first-order valence-electron chi connectivity index (χ1n) is 14.5. The number of benzene rings is 1. The van der Waals surface area contributed by atoms with Crippen molar-refractivity contribution in [1.29, 1.82) is 0 Å². The van der Waals surface area contributed by atoms with Crippen LogP contribution in [-0.2, 0) is 6.18 Å². The Labute approximate surface area is 260 Å². The maximum absolute atomic E-state index is 14.3. The van der Waals surface area contributed by atoms with E-state index >= 15 is 0 Å². The van der Waals surface area contributed by atoms with Crippen LogP contribution in [0.25, 0.3) is 23.0 Å². The van der Waals surface area contributed by atoms with Crippen LogP contribution in [0.4, 0.5) is 13.2 Å². The first-order valence-corrected chi connectivity index (χ1v) is 16.2. The molecule has 224 valence electrons. The molecule has 7 rings (SSSR count). The average molecular weight is 632 g/mol. The van der Waals surface area contributed by atoms with Crippen LogP contribution < -0.4 is 0 Å². The van der Waals surface area contributed by atoms with E-state index in [1.165, 1.54) is 11.1 Å². The van der Waals surface area contributed by atoms with Crippen LogP contribution in [0.5, 0.6) is 0 Å². The molecule has 5 aromatic rings. The highest BCUT2D eigenvalue weighted by atomic mass is 32.1. The third-order valence-electron chi connectivity index (χ3n) is 8.21. The van der Waals surface area contributed by atoms with Gasteiger partial charge in [-0.2, -0.15) is 23.4 Å². The molecule has 1 aliphatic carbocycles. The lowest BCUT2D eigenvalue weighted by molar-refractivity contribution is -0.142. The average Bonchev–Trinajstić information content (AvgIpc) is 3.82. The molecule has 1 amide bonds. The van der Waals surface area contributed by atoms with Crippen molar-refractivity contribution in [1.82, 2.24) is 19.6 Å². The van der Waals surface area contributed by atoms with Crippen LogP contribution in [0.1, 0.15) is 76.6 Å². The first-order chi connectivity index (χ1) is 21.2.